The van der Waals surface area contributed by atoms with Gasteiger partial charge in [-0.15, -0.1) is 0 Å². The summed E-state index contributed by atoms with van der Waals surface area (Å²) in [7, 11) is 0. The summed E-state index contributed by atoms with van der Waals surface area (Å²) in [5, 5.41) is 0. The van der Waals surface area contributed by atoms with Gasteiger partial charge in [0.2, 0.25) is 0 Å². The van der Waals surface area contributed by atoms with Crippen molar-refractivity contribution in [3.8, 4) is 0 Å². The highest BCUT2D eigenvalue weighted by atomic mass is 14.1. The summed E-state index contributed by atoms with van der Waals surface area (Å²) in [5.74, 6) is 0. The third-order valence-electron chi connectivity index (χ3n) is 2.14. The second-order valence-corrected chi connectivity index (χ2v) is 2.98. The Morgan fingerprint density at radius 3 is 2.60 bits per heavy atom. The van der Waals surface area contributed by atoms with Crippen molar-refractivity contribution >= 4 is 0 Å². The van der Waals surface area contributed by atoms with Crippen molar-refractivity contribution in [2.75, 3.05) is 0 Å². The average Bonchev–Trinajstić information content (AvgIpc) is 2.29. The van der Waals surface area contributed by atoms with E-state index in [0.717, 1.165) is 0 Å². The zero-order chi connectivity index (χ0) is 6.81. The standard InChI is InChI=1S/C10H12/c1-2-5-9(4-1)8-10-6-3-7-10/h1,4,6,8H,2-3,5,7H2/b9-8+. The molecule has 0 radical (unpaired) electrons. The molecule has 0 unspecified atom stereocenters. The summed E-state index contributed by atoms with van der Waals surface area (Å²) in [5.41, 5.74) is 3.06. The molecule has 0 aromatic rings. The van der Waals surface area contributed by atoms with Crippen LogP contribution in [0.2, 0.25) is 0 Å². The SMILES string of the molecule is C1=C/C(=C\C2=CCC2)CC1. The van der Waals surface area contributed by atoms with Crippen LogP contribution in [0.15, 0.2) is 35.5 Å². The molecule has 0 heterocycles. The first-order chi connectivity index (χ1) is 4.95. The van der Waals surface area contributed by atoms with Crippen LogP contribution in [0.25, 0.3) is 0 Å². The lowest BCUT2D eigenvalue weighted by molar-refractivity contribution is 0.900. The van der Waals surface area contributed by atoms with Gasteiger partial charge in [0.05, 0.1) is 0 Å². The van der Waals surface area contributed by atoms with Crippen LogP contribution in [0.1, 0.15) is 25.7 Å². The van der Waals surface area contributed by atoms with Crippen molar-refractivity contribution in [3.63, 3.8) is 0 Å². The minimum absolute atomic E-state index is 1.25. The molecule has 0 fully saturated rings. The average molecular weight is 132 g/mol. The van der Waals surface area contributed by atoms with Crippen molar-refractivity contribution < 1.29 is 0 Å². The Kier molecular flexibility index (Phi) is 1.46. The normalized spacial score (nSPS) is 26.8. The van der Waals surface area contributed by atoms with Crippen LogP contribution in [0.3, 0.4) is 0 Å². The first kappa shape index (κ1) is 5.96. The van der Waals surface area contributed by atoms with Gasteiger partial charge in [0.15, 0.2) is 0 Å². The van der Waals surface area contributed by atoms with E-state index in [4.69, 9.17) is 0 Å². The van der Waals surface area contributed by atoms with E-state index in [-0.39, 0.29) is 0 Å². The summed E-state index contributed by atoms with van der Waals surface area (Å²) >= 11 is 0. The molecule has 0 aliphatic heterocycles. The van der Waals surface area contributed by atoms with Crippen LogP contribution >= 0.6 is 0 Å². The van der Waals surface area contributed by atoms with Gasteiger partial charge in [0.1, 0.15) is 0 Å². The fourth-order valence-electron chi connectivity index (χ4n) is 1.37. The number of hydrogen-bond acceptors (Lipinski definition) is 0. The summed E-state index contributed by atoms with van der Waals surface area (Å²) in [6.45, 7) is 0. The Hall–Kier alpha value is -0.780. The van der Waals surface area contributed by atoms with Crippen LogP contribution in [0, 0.1) is 0 Å². The van der Waals surface area contributed by atoms with Gasteiger partial charge in [-0.2, -0.15) is 0 Å². The fourth-order valence-corrected chi connectivity index (χ4v) is 1.37. The van der Waals surface area contributed by atoms with E-state index in [2.05, 4.69) is 24.3 Å². The maximum atomic E-state index is 2.34. The molecular weight excluding hydrogens is 120 g/mol. The summed E-state index contributed by atoms with van der Waals surface area (Å²) < 4.78 is 0. The Labute approximate surface area is 61.9 Å². The van der Waals surface area contributed by atoms with Gasteiger partial charge in [-0.3, -0.25) is 0 Å². The van der Waals surface area contributed by atoms with E-state index in [0.29, 0.717) is 0 Å². The largest absolute Gasteiger partial charge is 0.0839 e. The van der Waals surface area contributed by atoms with E-state index < -0.39 is 0 Å². The van der Waals surface area contributed by atoms with Gasteiger partial charge in [-0.1, -0.05) is 29.9 Å². The quantitative estimate of drug-likeness (QED) is 0.514. The molecule has 0 saturated carbocycles. The lowest BCUT2D eigenvalue weighted by atomic mass is 9.96. The molecule has 10 heavy (non-hydrogen) atoms. The van der Waals surface area contributed by atoms with Crippen molar-refractivity contribution in [1.82, 2.24) is 0 Å². The van der Waals surface area contributed by atoms with E-state index in [1.54, 1.807) is 5.57 Å². The highest BCUT2D eigenvalue weighted by molar-refractivity contribution is 5.35. The third-order valence-corrected chi connectivity index (χ3v) is 2.14. The van der Waals surface area contributed by atoms with Crippen LogP contribution in [-0.4, -0.2) is 0 Å². The van der Waals surface area contributed by atoms with Crippen LogP contribution in [0.5, 0.6) is 0 Å². The molecule has 0 saturated heterocycles. The van der Waals surface area contributed by atoms with Crippen molar-refractivity contribution in [2.24, 2.45) is 0 Å². The number of allylic oxidation sites excluding steroid dienone is 6. The lowest BCUT2D eigenvalue weighted by Crippen LogP contribution is -1.90. The van der Waals surface area contributed by atoms with Gasteiger partial charge in [0, 0.05) is 0 Å². The minimum Gasteiger partial charge on any atom is -0.0839 e. The second kappa shape index (κ2) is 2.45. The van der Waals surface area contributed by atoms with Crippen molar-refractivity contribution in [3.05, 3.63) is 35.5 Å². The maximum Gasteiger partial charge on any atom is -0.0244 e. The first-order valence-electron chi connectivity index (χ1n) is 4.01. The van der Waals surface area contributed by atoms with Crippen LogP contribution < -0.4 is 0 Å². The molecule has 2 rings (SSSR count). The van der Waals surface area contributed by atoms with E-state index in [9.17, 15) is 0 Å². The molecule has 0 aromatic carbocycles. The monoisotopic (exact) mass is 132 g/mol. The third kappa shape index (κ3) is 1.06. The Morgan fingerprint density at radius 2 is 2.10 bits per heavy atom. The number of hydrogen-bond donors (Lipinski definition) is 0. The molecule has 0 atom stereocenters. The fraction of sp³-hybridized carbons (Fsp3) is 0.400. The predicted octanol–water partition coefficient (Wildman–Crippen LogP) is 2.98. The highest BCUT2D eigenvalue weighted by Crippen LogP contribution is 2.24. The minimum atomic E-state index is 1.25. The van der Waals surface area contributed by atoms with Gasteiger partial charge in [0.25, 0.3) is 0 Å². The Balaban J connectivity index is 2.08. The molecule has 0 spiro atoms. The molecule has 2 aliphatic carbocycles. The predicted molar refractivity (Wildman–Crippen MR) is 43.8 cm³/mol. The van der Waals surface area contributed by atoms with Gasteiger partial charge < -0.3 is 0 Å². The first-order valence-corrected chi connectivity index (χ1v) is 4.01. The smallest absolute Gasteiger partial charge is 0.0244 e. The van der Waals surface area contributed by atoms with Gasteiger partial charge >= 0.3 is 0 Å². The van der Waals surface area contributed by atoms with Crippen LogP contribution in [0.4, 0.5) is 0 Å². The zero-order valence-corrected chi connectivity index (χ0v) is 6.14. The van der Waals surface area contributed by atoms with Crippen molar-refractivity contribution in [2.45, 2.75) is 25.7 Å². The number of rotatable bonds is 1. The summed E-state index contributed by atoms with van der Waals surface area (Å²) in [4.78, 5) is 0. The lowest BCUT2D eigenvalue weighted by Gasteiger charge is -2.09. The highest BCUT2D eigenvalue weighted by Gasteiger charge is 2.04. The molecule has 52 valence electrons. The van der Waals surface area contributed by atoms with E-state index in [1.807, 2.05) is 0 Å². The molecule has 0 heteroatoms. The van der Waals surface area contributed by atoms with Crippen molar-refractivity contribution in [1.29, 1.82) is 0 Å². The Morgan fingerprint density at radius 1 is 1.20 bits per heavy atom. The maximum absolute atomic E-state index is 2.34. The molecule has 2 aliphatic rings. The van der Waals surface area contributed by atoms with Gasteiger partial charge in [-0.05, 0) is 31.3 Å². The topological polar surface area (TPSA) is 0 Å². The molecule has 0 nitrogen and oxygen atoms in total. The van der Waals surface area contributed by atoms with E-state index in [1.165, 1.54) is 31.3 Å². The van der Waals surface area contributed by atoms with Gasteiger partial charge in [-0.25, -0.2) is 0 Å². The second-order valence-electron chi connectivity index (χ2n) is 2.98. The summed E-state index contributed by atoms with van der Waals surface area (Å²) in [6, 6.07) is 0. The molecule has 0 N–H and O–H groups in total. The Bertz CT molecular complexity index is 216. The molecular formula is C10H12. The zero-order valence-electron chi connectivity index (χ0n) is 6.14. The summed E-state index contributed by atoms with van der Waals surface area (Å²) in [6.07, 6.45) is 14.3. The van der Waals surface area contributed by atoms with Crippen LogP contribution in [-0.2, 0) is 0 Å². The van der Waals surface area contributed by atoms with E-state index >= 15 is 0 Å². The molecule has 0 amide bonds. The molecule has 0 aromatic heterocycles. The molecule has 0 bridgehead atoms.